The van der Waals surface area contributed by atoms with Gasteiger partial charge < -0.3 is 0 Å². The molecule has 17 heavy (non-hydrogen) atoms. The van der Waals surface area contributed by atoms with Gasteiger partial charge in [0.15, 0.2) is 0 Å². The number of nitrogens with one attached hydrogen (secondary N) is 1. The average molecular weight is 268 g/mol. The van der Waals surface area contributed by atoms with Crippen LogP contribution in [0.25, 0.3) is 0 Å². The van der Waals surface area contributed by atoms with Crippen LogP contribution in [0.4, 0.5) is 0 Å². The van der Waals surface area contributed by atoms with E-state index < -0.39 is 0 Å². The third-order valence-electron chi connectivity index (χ3n) is 2.55. The summed E-state index contributed by atoms with van der Waals surface area (Å²) in [5, 5.41) is 3.87. The molecule has 0 aliphatic heterocycles. The van der Waals surface area contributed by atoms with E-state index in [0.717, 1.165) is 27.7 Å². The van der Waals surface area contributed by atoms with Gasteiger partial charge in [0.05, 0.1) is 16.7 Å². The second kappa shape index (κ2) is 5.60. The number of nitrogens with two attached hydrogens (primary N) is 1. The Labute approximate surface area is 110 Å². The number of aryl methyl sites for hydroxylation is 1. The molecule has 5 heteroatoms. The van der Waals surface area contributed by atoms with E-state index in [4.69, 9.17) is 17.4 Å². The third-order valence-corrected chi connectivity index (χ3v) is 3.63. The summed E-state index contributed by atoms with van der Waals surface area (Å²) in [4.78, 5) is 4.44. The second-order valence-corrected chi connectivity index (χ2v) is 5.33. The van der Waals surface area contributed by atoms with E-state index in [9.17, 15) is 0 Å². The summed E-state index contributed by atoms with van der Waals surface area (Å²) in [6.07, 6.45) is 0.780. The van der Waals surface area contributed by atoms with Crippen molar-refractivity contribution in [3.8, 4) is 0 Å². The highest BCUT2D eigenvalue weighted by Crippen LogP contribution is 2.20. The van der Waals surface area contributed by atoms with Crippen molar-refractivity contribution in [1.82, 2.24) is 10.4 Å². The number of hydrogen-bond acceptors (Lipinski definition) is 4. The summed E-state index contributed by atoms with van der Waals surface area (Å²) < 4.78 is 0. The maximum Gasteiger partial charge on any atom is 0.0897 e. The second-order valence-electron chi connectivity index (χ2n) is 3.83. The fraction of sp³-hybridized carbons (Fsp3) is 0.250. The molecule has 0 spiro atoms. The lowest BCUT2D eigenvalue weighted by Crippen LogP contribution is -2.29. The Morgan fingerprint density at radius 1 is 1.41 bits per heavy atom. The molecular weight excluding hydrogens is 254 g/mol. The zero-order valence-electron chi connectivity index (χ0n) is 9.48. The van der Waals surface area contributed by atoms with Crippen LogP contribution >= 0.6 is 22.9 Å². The molecule has 0 saturated heterocycles. The molecule has 0 aliphatic carbocycles. The first kappa shape index (κ1) is 12.5. The molecule has 1 heterocycles. The topological polar surface area (TPSA) is 50.9 Å². The molecule has 1 aromatic carbocycles. The highest BCUT2D eigenvalue weighted by atomic mass is 35.5. The molecule has 0 amide bonds. The number of hydrazine groups is 1. The van der Waals surface area contributed by atoms with Crippen molar-refractivity contribution in [3.05, 3.63) is 50.9 Å². The smallest absolute Gasteiger partial charge is 0.0897 e. The Kier molecular flexibility index (Phi) is 4.12. The van der Waals surface area contributed by atoms with Gasteiger partial charge in [-0.15, -0.1) is 11.3 Å². The fourth-order valence-electron chi connectivity index (χ4n) is 1.68. The molecule has 2 aromatic rings. The van der Waals surface area contributed by atoms with Crippen molar-refractivity contribution in [2.75, 3.05) is 0 Å². The average Bonchev–Trinajstić information content (AvgIpc) is 2.73. The molecule has 1 atom stereocenters. The summed E-state index contributed by atoms with van der Waals surface area (Å²) >= 11 is 7.51. The van der Waals surface area contributed by atoms with Gasteiger partial charge in [0, 0.05) is 16.8 Å². The van der Waals surface area contributed by atoms with E-state index in [2.05, 4.69) is 15.8 Å². The molecular formula is C12H14ClN3S. The van der Waals surface area contributed by atoms with E-state index >= 15 is 0 Å². The Hall–Kier alpha value is -0.940. The van der Waals surface area contributed by atoms with E-state index in [-0.39, 0.29) is 6.04 Å². The molecule has 3 nitrogen and oxygen atoms in total. The number of benzene rings is 1. The molecule has 0 saturated carbocycles. The first-order valence-corrected chi connectivity index (χ1v) is 6.57. The van der Waals surface area contributed by atoms with Crippen molar-refractivity contribution < 1.29 is 0 Å². The lowest BCUT2D eigenvalue weighted by Gasteiger charge is -2.15. The minimum absolute atomic E-state index is 0.0637. The van der Waals surface area contributed by atoms with Gasteiger partial charge in [-0.05, 0) is 24.6 Å². The number of halogens is 1. The summed E-state index contributed by atoms with van der Waals surface area (Å²) in [6.45, 7) is 2.00. The van der Waals surface area contributed by atoms with Crippen LogP contribution in [0.15, 0.2) is 29.6 Å². The van der Waals surface area contributed by atoms with Crippen molar-refractivity contribution >= 4 is 22.9 Å². The molecule has 0 radical (unpaired) electrons. The standard InChI is InChI=1S/C12H14ClN3S/c1-8-15-11(7-17-8)6-12(16-14)9-2-4-10(13)5-3-9/h2-5,7,12,16H,6,14H2,1H3. The van der Waals surface area contributed by atoms with Crippen molar-refractivity contribution in [3.63, 3.8) is 0 Å². The Bertz CT molecular complexity index is 481. The van der Waals surface area contributed by atoms with Crippen LogP contribution in [0.3, 0.4) is 0 Å². The first-order valence-electron chi connectivity index (χ1n) is 5.31. The Morgan fingerprint density at radius 2 is 2.12 bits per heavy atom. The zero-order valence-corrected chi connectivity index (χ0v) is 11.1. The Morgan fingerprint density at radius 3 is 2.65 bits per heavy atom. The highest BCUT2D eigenvalue weighted by Gasteiger charge is 2.12. The predicted octanol–water partition coefficient (Wildman–Crippen LogP) is 2.85. The quantitative estimate of drug-likeness (QED) is 0.662. The Balaban J connectivity index is 2.13. The van der Waals surface area contributed by atoms with E-state index in [1.165, 1.54) is 0 Å². The molecule has 1 aromatic heterocycles. The minimum Gasteiger partial charge on any atom is -0.271 e. The van der Waals surface area contributed by atoms with Crippen LogP contribution in [0, 0.1) is 6.92 Å². The van der Waals surface area contributed by atoms with Crippen molar-refractivity contribution in [2.24, 2.45) is 5.84 Å². The van der Waals surface area contributed by atoms with Gasteiger partial charge in [-0.2, -0.15) is 0 Å². The lowest BCUT2D eigenvalue weighted by atomic mass is 10.0. The number of rotatable bonds is 4. The highest BCUT2D eigenvalue weighted by molar-refractivity contribution is 7.09. The van der Waals surface area contributed by atoms with Gasteiger partial charge >= 0.3 is 0 Å². The molecule has 1 unspecified atom stereocenters. The van der Waals surface area contributed by atoms with Gasteiger partial charge in [0.1, 0.15) is 0 Å². The molecule has 90 valence electrons. The molecule has 0 bridgehead atoms. The normalized spacial score (nSPS) is 12.6. The van der Waals surface area contributed by atoms with E-state index in [1.54, 1.807) is 11.3 Å². The summed E-state index contributed by atoms with van der Waals surface area (Å²) in [7, 11) is 0. The third kappa shape index (κ3) is 3.26. The van der Waals surface area contributed by atoms with Crippen molar-refractivity contribution in [2.45, 2.75) is 19.4 Å². The molecule has 0 fully saturated rings. The number of thiazole rings is 1. The van der Waals surface area contributed by atoms with Crippen LogP contribution < -0.4 is 11.3 Å². The van der Waals surface area contributed by atoms with Crippen LogP contribution in [-0.4, -0.2) is 4.98 Å². The predicted molar refractivity (Wildman–Crippen MR) is 72.1 cm³/mol. The molecule has 3 N–H and O–H groups in total. The van der Waals surface area contributed by atoms with Gasteiger partial charge in [0.25, 0.3) is 0 Å². The fourth-order valence-corrected chi connectivity index (χ4v) is 2.43. The van der Waals surface area contributed by atoms with Gasteiger partial charge in [-0.3, -0.25) is 11.3 Å². The number of nitrogens with zero attached hydrogens (tertiary/aromatic N) is 1. The van der Waals surface area contributed by atoms with E-state index in [1.807, 2.05) is 31.2 Å². The summed E-state index contributed by atoms with van der Waals surface area (Å²) in [5.41, 5.74) is 4.99. The first-order chi connectivity index (χ1) is 8.19. The minimum atomic E-state index is 0.0637. The number of hydrogen-bond donors (Lipinski definition) is 2. The van der Waals surface area contributed by atoms with Gasteiger partial charge in [-0.1, -0.05) is 23.7 Å². The van der Waals surface area contributed by atoms with Crippen LogP contribution in [0.5, 0.6) is 0 Å². The maximum absolute atomic E-state index is 5.86. The van der Waals surface area contributed by atoms with Gasteiger partial charge in [0.2, 0.25) is 0 Å². The molecule has 0 aliphatic rings. The summed E-state index contributed by atoms with van der Waals surface area (Å²) in [6, 6.07) is 7.76. The summed E-state index contributed by atoms with van der Waals surface area (Å²) in [5.74, 6) is 5.59. The SMILES string of the molecule is Cc1nc(CC(NN)c2ccc(Cl)cc2)cs1. The van der Waals surface area contributed by atoms with Crippen molar-refractivity contribution in [1.29, 1.82) is 0 Å². The zero-order chi connectivity index (χ0) is 12.3. The largest absolute Gasteiger partial charge is 0.271 e. The maximum atomic E-state index is 5.86. The monoisotopic (exact) mass is 267 g/mol. The molecule has 2 rings (SSSR count). The van der Waals surface area contributed by atoms with Crippen LogP contribution in [0.2, 0.25) is 5.02 Å². The number of aromatic nitrogens is 1. The van der Waals surface area contributed by atoms with Gasteiger partial charge in [-0.25, -0.2) is 4.98 Å². The van der Waals surface area contributed by atoms with E-state index in [0.29, 0.717) is 0 Å². The lowest BCUT2D eigenvalue weighted by molar-refractivity contribution is 0.547. The van der Waals surface area contributed by atoms with Crippen LogP contribution in [-0.2, 0) is 6.42 Å². The van der Waals surface area contributed by atoms with Crippen LogP contribution in [0.1, 0.15) is 22.3 Å².